The van der Waals surface area contributed by atoms with Gasteiger partial charge < -0.3 is 14.4 Å². The van der Waals surface area contributed by atoms with Crippen LogP contribution in [0.25, 0.3) is 0 Å². The van der Waals surface area contributed by atoms with E-state index in [1.165, 1.54) is 12.1 Å². The van der Waals surface area contributed by atoms with Crippen molar-refractivity contribution in [1.82, 2.24) is 4.90 Å². The molecule has 2 aromatic carbocycles. The smallest absolute Gasteiger partial charge is 0.416 e. The van der Waals surface area contributed by atoms with Crippen LogP contribution in [0.15, 0.2) is 53.0 Å². The van der Waals surface area contributed by atoms with Crippen molar-refractivity contribution in [3.05, 3.63) is 64.1 Å². The predicted octanol–water partition coefficient (Wildman–Crippen LogP) is 7.77. The molecule has 1 heterocycles. The van der Waals surface area contributed by atoms with Gasteiger partial charge in [-0.2, -0.15) is 13.2 Å². The zero-order valence-corrected chi connectivity index (χ0v) is 20.6. The van der Waals surface area contributed by atoms with Crippen molar-refractivity contribution in [3.8, 4) is 5.75 Å². The molecule has 2 aromatic rings. The summed E-state index contributed by atoms with van der Waals surface area (Å²) in [5.41, 5.74) is -0.458. The molecule has 1 fully saturated rings. The zero-order chi connectivity index (χ0) is 24.2. The second-order valence-electron chi connectivity index (χ2n) is 9.21. The second-order valence-corrected chi connectivity index (χ2v) is 10.1. The fourth-order valence-electron chi connectivity index (χ4n) is 3.92. The number of ether oxygens (including phenoxy) is 2. The molecule has 180 valence electrons. The van der Waals surface area contributed by atoms with E-state index in [2.05, 4.69) is 15.9 Å². The highest BCUT2D eigenvalue weighted by atomic mass is 79.9. The Bertz CT molecular complexity index is 941. The SMILES string of the molecule is CC(C)(C)OC(=O)N1CCCC[C@H]1C[C@@H](Oc1ccc(C(F)(F)F)cc1)c1ccccc1Br. The molecule has 0 unspecified atom stereocenters. The molecule has 33 heavy (non-hydrogen) atoms. The maximum Gasteiger partial charge on any atom is 0.416 e. The molecule has 1 aliphatic rings. The van der Waals surface area contributed by atoms with E-state index in [0.717, 1.165) is 41.4 Å². The van der Waals surface area contributed by atoms with Crippen LogP contribution in [-0.4, -0.2) is 29.2 Å². The fourth-order valence-corrected chi connectivity index (χ4v) is 4.46. The molecule has 1 saturated heterocycles. The minimum absolute atomic E-state index is 0.111. The van der Waals surface area contributed by atoms with Gasteiger partial charge in [-0.3, -0.25) is 0 Å². The number of rotatable bonds is 5. The number of likely N-dealkylation sites (tertiary alicyclic amines) is 1. The summed E-state index contributed by atoms with van der Waals surface area (Å²) < 4.78 is 51.5. The zero-order valence-electron chi connectivity index (χ0n) is 19.0. The number of hydrogen-bond donors (Lipinski definition) is 0. The third-order valence-electron chi connectivity index (χ3n) is 5.45. The summed E-state index contributed by atoms with van der Waals surface area (Å²) in [6.07, 6.45) is -2.06. The molecule has 0 aromatic heterocycles. The van der Waals surface area contributed by atoms with Gasteiger partial charge in [0.05, 0.1) is 5.56 Å². The van der Waals surface area contributed by atoms with Crippen molar-refractivity contribution in [2.24, 2.45) is 0 Å². The topological polar surface area (TPSA) is 38.8 Å². The summed E-state index contributed by atoms with van der Waals surface area (Å²) in [5.74, 6) is 0.336. The van der Waals surface area contributed by atoms with E-state index in [1.54, 1.807) is 4.90 Å². The maximum absolute atomic E-state index is 12.9. The summed E-state index contributed by atoms with van der Waals surface area (Å²) in [4.78, 5) is 14.6. The van der Waals surface area contributed by atoms with Crippen molar-refractivity contribution in [2.45, 2.75) is 70.4 Å². The minimum Gasteiger partial charge on any atom is -0.486 e. The number of hydrogen-bond acceptors (Lipinski definition) is 3. The molecule has 0 N–H and O–H groups in total. The molecule has 1 amide bonds. The van der Waals surface area contributed by atoms with Crippen LogP contribution in [0.2, 0.25) is 0 Å². The summed E-state index contributed by atoms with van der Waals surface area (Å²) >= 11 is 3.56. The Morgan fingerprint density at radius 1 is 1.09 bits per heavy atom. The van der Waals surface area contributed by atoms with E-state index in [1.807, 2.05) is 45.0 Å². The highest BCUT2D eigenvalue weighted by Crippen LogP contribution is 2.36. The fraction of sp³-hybridized carbons (Fsp3) is 0.480. The largest absolute Gasteiger partial charge is 0.486 e. The van der Waals surface area contributed by atoms with Crippen LogP contribution in [0.4, 0.5) is 18.0 Å². The van der Waals surface area contributed by atoms with E-state index in [-0.39, 0.29) is 12.1 Å². The first-order valence-electron chi connectivity index (χ1n) is 11.0. The lowest BCUT2D eigenvalue weighted by atomic mass is 9.94. The van der Waals surface area contributed by atoms with Crippen molar-refractivity contribution < 1.29 is 27.4 Å². The summed E-state index contributed by atoms with van der Waals surface area (Å²) in [6.45, 7) is 6.10. The van der Waals surface area contributed by atoms with E-state index < -0.39 is 23.4 Å². The molecule has 2 atom stereocenters. The van der Waals surface area contributed by atoms with Crippen LogP contribution in [0.1, 0.15) is 63.7 Å². The standard InChI is InChI=1S/C25H29BrF3NO3/c1-24(2,3)33-23(31)30-15-7-6-8-18(30)16-22(20-9-4-5-10-21(20)26)32-19-13-11-17(12-14-19)25(27,28)29/h4-5,9-14,18,22H,6-8,15-16H2,1-3H3/t18-,22+/m0/s1. The molecule has 0 saturated carbocycles. The Labute approximate surface area is 201 Å². The van der Waals surface area contributed by atoms with Crippen molar-refractivity contribution >= 4 is 22.0 Å². The lowest BCUT2D eigenvalue weighted by Gasteiger charge is -2.38. The maximum atomic E-state index is 12.9. The average Bonchev–Trinajstić information content (AvgIpc) is 2.72. The number of nitrogens with zero attached hydrogens (tertiary/aromatic N) is 1. The Morgan fingerprint density at radius 2 is 1.76 bits per heavy atom. The van der Waals surface area contributed by atoms with Crippen molar-refractivity contribution in [1.29, 1.82) is 0 Å². The predicted molar refractivity (Wildman–Crippen MR) is 124 cm³/mol. The third-order valence-corrected chi connectivity index (χ3v) is 6.18. The Kier molecular flexibility index (Phi) is 7.98. The average molecular weight is 528 g/mol. The molecule has 4 nitrogen and oxygen atoms in total. The quantitative estimate of drug-likeness (QED) is 0.398. The van der Waals surface area contributed by atoms with Gasteiger partial charge in [-0.05, 0) is 70.4 Å². The molecule has 0 bridgehead atoms. The van der Waals surface area contributed by atoms with Gasteiger partial charge in [0.1, 0.15) is 17.5 Å². The third kappa shape index (κ3) is 7.13. The first-order chi connectivity index (χ1) is 15.4. The van der Waals surface area contributed by atoms with Gasteiger partial charge in [-0.1, -0.05) is 34.1 Å². The number of alkyl halides is 3. The lowest BCUT2D eigenvalue weighted by molar-refractivity contribution is -0.137. The molecule has 0 aliphatic carbocycles. The molecular weight excluding hydrogens is 499 g/mol. The van der Waals surface area contributed by atoms with Crippen molar-refractivity contribution in [2.75, 3.05) is 6.54 Å². The number of carbonyl (C=O) groups is 1. The molecule has 0 spiro atoms. The van der Waals surface area contributed by atoms with Gasteiger partial charge in [0.25, 0.3) is 0 Å². The van der Waals surface area contributed by atoms with Gasteiger partial charge >= 0.3 is 12.3 Å². The van der Waals surface area contributed by atoms with E-state index >= 15 is 0 Å². The first-order valence-corrected chi connectivity index (χ1v) is 11.8. The summed E-state index contributed by atoms with van der Waals surface area (Å²) in [6, 6.07) is 12.2. The van der Waals surface area contributed by atoms with Crippen molar-refractivity contribution in [3.63, 3.8) is 0 Å². The molecule has 8 heteroatoms. The number of amides is 1. The summed E-state index contributed by atoms with van der Waals surface area (Å²) in [7, 11) is 0. The van der Waals surface area contributed by atoms with Gasteiger partial charge in [-0.25, -0.2) is 4.79 Å². The molecule has 3 rings (SSSR count). The van der Waals surface area contributed by atoms with E-state index in [9.17, 15) is 18.0 Å². The summed E-state index contributed by atoms with van der Waals surface area (Å²) in [5, 5.41) is 0. The first kappa shape index (κ1) is 25.4. The van der Waals surface area contributed by atoms with Crippen LogP contribution < -0.4 is 4.74 Å². The highest BCUT2D eigenvalue weighted by Gasteiger charge is 2.34. The normalized spacial score (nSPS) is 18.0. The lowest BCUT2D eigenvalue weighted by Crippen LogP contribution is -2.47. The number of carbonyl (C=O) groups excluding carboxylic acids is 1. The number of halogens is 4. The van der Waals surface area contributed by atoms with Crippen LogP contribution in [0.3, 0.4) is 0 Å². The van der Waals surface area contributed by atoms with Gasteiger partial charge in [-0.15, -0.1) is 0 Å². The van der Waals surface area contributed by atoms with Crippen LogP contribution in [0.5, 0.6) is 5.75 Å². The van der Waals surface area contributed by atoms with Gasteiger partial charge in [0.2, 0.25) is 0 Å². The van der Waals surface area contributed by atoms with E-state index in [4.69, 9.17) is 9.47 Å². The Hall–Kier alpha value is -2.22. The van der Waals surface area contributed by atoms with Crippen LogP contribution in [-0.2, 0) is 10.9 Å². The van der Waals surface area contributed by atoms with Crippen LogP contribution in [0, 0.1) is 0 Å². The van der Waals surface area contributed by atoms with Gasteiger partial charge in [0.15, 0.2) is 0 Å². The van der Waals surface area contributed by atoms with Crippen LogP contribution >= 0.6 is 15.9 Å². The molecular formula is C25H29BrF3NO3. The molecule has 1 aliphatic heterocycles. The minimum atomic E-state index is -4.41. The van der Waals surface area contributed by atoms with E-state index in [0.29, 0.717) is 18.7 Å². The van der Waals surface area contributed by atoms with Gasteiger partial charge in [0, 0.05) is 29.0 Å². The Balaban J connectivity index is 1.85. The monoisotopic (exact) mass is 527 g/mol. The second kappa shape index (κ2) is 10.4. The molecule has 0 radical (unpaired) electrons. The number of benzene rings is 2. The Morgan fingerprint density at radius 3 is 2.36 bits per heavy atom. The number of piperidine rings is 1. The highest BCUT2D eigenvalue weighted by molar-refractivity contribution is 9.10.